The fraction of sp³-hybridized carbons (Fsp3) is 0.333. The van der Waals surface area contributed by atoms with Crippen molar-refractivity contribution < 1.29 is 9.59 Å². The van der Waals surface area contributed by atoms with Crippen LogP contribution in [0.5, 0.6) is 0 Å². The molecular weight excluding hydrogens is 326 g/mol. The maximum absolute atomic E-state index is 12.3. The minimum atomic E-state index is -0.243. The Bertz CT molecular complexity index is 757. The number of hydrogen-bond acceptors (Lipinski definition) is 3. The highest BCUT2D eigenvalue weighted by Crippen LogP contribution is 2.13. The Morgan fingerprint density at radius 2 is 1.69 bits per heavy atom. The maximum Gasteiger partial charge on any atom is 0.251 e. The summed E-state index contributed by atoms with van der Waals surface area (Å²) >= 11 is 0. The van der Waals surface area contributed by atoms with Gasteiger partial charge < -0.3 is 15.5 Å². The van der Waals surface area contributed by atoms with Crippen molar-refractivity contribution in [2.24, 2.45) is 0 Å². The van der Waals surface area contributed by atoms with E-state index in [-0.39, 0.29) is 24.4 Å². The highest BCUT2D eigenvalue weighted by molar-refractivity contribution is 5.96. The summed E-state index contributed by atoms with van der Waals surface area (Å²) in [6.45, 7) is 4.59. The standard InChI is InChI=1S/C21H27N3O2/c1-15-10-11-18(12-16(15)2)21(26)22-13-20(25)23-19(14-24(3)4)17-8-6-5-7-9-17/h5-12,19H,13-14H2,1-4H3,(H,22,26)(H,23,25)/t19-/m0/s1. The second-order valence-corrected chi connectivity index (χ2v) is 6.77. The third-order valence-corrected chi connectivity index (χ3v) is 4.26. The Balaban J connectivity index is 1.95. The van der Waals surface area contributed by atoms with Gasteiger partial charge in [-0.2, -0.15) is 0 Å². The van der Waals surface area contributed by atoms with Gasteiger partial charge in [-0.05, 0) is 56.8 Å². The van der Waals surface area contributed by atoms with Gasteiger partial charge in [0.15, 0.2) is 0 Å². The molecule has 0 aliphatic carbocycles. The number of carbonyl (C=O) groups excluding carboxylic acids is 2. The van der Waals surface area contributed by atoms with Crippen LogP contribution >= 0.6 is 0 Å². The molecule has 2 N–H and O–H groups in total. The number of benzene rings is 2. The van der Waals surface area contributed by atoms with Crippen LogP contribution in [-0.2, 0) is 4.79 Å². The number of carbonyl (C=O) groups is 2. The summed E-state index contributed by atoms with van der Waals surface area (Å²) in [6, 6.07) is 15.2. The van der Waals surface area contributed by atoms with Crippen LogP contribution in [0.1, 0.15) is 33.1 Å². The molecule has 0 aromatic heterocycles. The summed E-state index contributed by atoms with van der Waals surface area (Å²) < 4.78 is 0. The number of amides is 2. The van der Waals surface area contributed by atoms with Gasteiger partial charge in [0.25, 0.3) is 5.91 Å². The molecule has 0 unspecified atom stereocenters. The zero-order valence-electron chi connectivity index (χ0n) is 15.9. The molecule has 0 heterocycles. The first-order valence-electron chi connectivity index (χ1n) is 8.71. The third kappa shape index (κ3) is 5.70. The normalized spacial score (nSPS) is 11.9. The summed E-state index contributed by atoms with van der Waals surface area (Å²) in [6.07, 6.45) is 0. The van der Waals surface area contributed by atoms with Crippen molar-refractivity contribution in [3.05, 3.63) is 70.8 Å². The number of nitrogens with one attached hydrogen (secondary N) is 2. The van der Waals surface area contributed by atoms with E-state index in [9.17, 15) is 9.59 Å². The first kappa shape index (κ1) is 19.7. The minimum absolute atomic E-state index is 0.0531. The van der Waals surface area contributed by atoms with E-state index in [2.05, 4.69) is 10.6 Å². The summed E-state index contributed by atoms with van der Waals surface area (Å²) in [5, 5.41) is 5.69. The Morgan fingerprint density at radius 1 is 1.00 bits per heavy atom. The topological polar surface area (TPSA) is 61.4 Å². The lowest BCUT2D eigenvalue weighted by molar-refractivity contribution is -0.121. The van der Waals surface area contributed by atoms with Gasteiger partial charge in [0.2, 0.25) is 5.91 Å². The summed E-state index contributed by atoms with van der Waals surface area (Å²) in [7, 11) is 3.92. The number of hydrogen-bond donors (Lipinski definition) is 2. The lowest BCUT2D eigenvalue weighted by Crippen LogP contribution is -2.41. The molecule has 2 aromatic carbocycles. The fourth-order valence-corrected chi connectivity index (χ4v) is 2.68. The van der Waals surface area contributed by atoms with Gasteiger partial charge in [0, 0.05) is 12.1 Å². The van der Waals surface area contributed by atoms with E-state index in [0.717, 1.165) is 16.7 Å². The molecule has 0 saturated heterocycles. The first-order chi connectivity index (χ1) is 12.4. The number of nitrogens with zero attached hydrogens (tertiary/aromatic N) is 1. The largest absolute Gasteiger partial charge is 0.346 e. The van der Waals surface area contributed by atoms with Crippen molar-refractivity contribution >= 4 is 11.8 Å². The van der Waals surface area contributed by atoms with Crippen molar-refractivity contribution in [1.29, 1.82) is 0 Å². The lowest BCUT2D eigenvalue weighted by Gasteiger charge is -2.23. The molecule has 0 saturated carbocycles. The van der Waals surface area contributed by atoms with E-state index in [4.69, 9.17) is 0 Å². The molecule has 0 fully saturated rings. The van der Waals surface area contributed by atoms with Crippen LogP contribution in [0.4, 0.5) is 0 Å². The van der Waals surface area contributed by atoms with Gasteiger partial charge in [0.1, 0.15) is 0 Å². The molecule has 1 atom stereocenters. The van der Waals surface area contributed by atoms with Crippen LogP contribution in [0.15, 0.2) is 48.5 Å². The second kappa shape index (κ2) is 9.15. The molecule has 2 aromatic rings. The maximum atomic E-state index is 12.3. The van der Waals surface area contributed by atoms with E-state index < -0.39 is 0 Å². The number of rotatable bonds is 7. The Kier molecular flexibility index (Phi) is 6.92. The average molecular weight is 353 g/mol. The third-order valence-electron chi connectivity index (χ3n) is 4.26. The van der Waals surface area contributed by atoms with Gasteiger partial charge in [-0.25, -0.2) is 0 Å². The molecule has 2 amide bonds. The van der Waals surface area contributed by atoms with E-state index in [0.29, 0.717) is 12.1 Å². The zero-order chi connectivity index (χ0) is 19.1. The predicted molar refractivity (Wildman–Crippen MR) is 104 cm³/mol. The van der Waals surface area contributed by atoms with Crippen LogP contribution < -0.4 is 10.6 Å². The van der Waals surface area contributed by atoms with Crippen molar-refractivity contribution in [2.75, 3.05) is 27.2 Å². The molecule has 0 radical (unpaired) electrons. The zero-order valence-corrected chi connectivity index (χ0v) is 15.9. The van der Waals surface area contributed by atoms with Crippen molar-refractivity contribution in [3.63, 3.8) is 0 Å². The van der Waals surface area contributed by atoms with Gasteiger partial charge in [-0.15, -0.1) is 0 Å². The molecule has 138 valence electrons. The summed E-state index contributed by atoms with van der Waals surface area (Å²) in [4.78, 5) is 26.6. The van der Waals surface area contributed by atoms with Crippen LogP contribution in [0, 0.1) is 13.8 Å². The van der Waals surface area contributed by atoms with Crippen LogP contribution in [0.25, 0.3) is 0 Å². The highest BCUT2D eigenvalue weighted by Gasteiger charge is 2.16. The molecule has 0 aliphatic rings. The van der Waals surface area contributed by atoms with E-state index >= 15 is 0 Å². The first-order valence-corrected chi connectivity index (χ1v) is 8.71. The summed E-state index contributed by atoms with van der Waals surface area (Å²) in [5.41, 5.74) is 3.79. The van der Waals surface area contributed by atoms with Crippen LogP contribution in [0.3, 0.4) is 0 Å². The van der Waals surface area contributed by atoms with Crippen molar-refractivity contribution in [1.82, 2.24) is 15.5 Å². The molecule has 2 rings (SSSR count). The Morgan fingerprint density at radius 3 is 2.31 bits per heavy atom. The Hall–Kier alpha value is -2.66. The average Bonchev–Trinajstić information content (AvgIpc) is 2.62. The van der Waals surface area contributed by atoms with Gasteiger partial charge >= 0.3 is 0 Å². The highest BCUT2D eigenvalue weighted by atomic mass is 16.2. The SMILES string of the molecule is Cc1ccc(C(=O)NCC(=O)N[C@@H](CN(C)C)c2ccccc2)cc1C. The Labute approximate surface area is 155 Å². The molecule has 0 spiro atoms. The predicted octanol–water partition coefficient (Wildman–Crippen LogP) is 2.45. The van der Waals surface area contributed by atoms with Gasteiger partial charge in [-0.1, -0.05) is 36.4 Å². The van der Waals surface area contributed by atoms with Gasteiger partial charge in [-0.3, -0.25) is 9.59 Å². The molecule has 0 aliphatic heterocycles. The number of likely N-dealkylation sites (N-methyl/N-ethyl adjacent to an activating group) is 1. The quantitative estimate of drug-likeness (QED) is 0.804. The van der Waals surface area contributed by atoms with E-state index in [1.807, 2.05) is 75.3 Å². The van der Waals surface area contributed by atoms with Crippen LogP contribution in [-0.4, -0.2) is 43.9 Å². The molecule has 26 heavy (non-hydrogen) atoms. The molecule has 5 heteroatoms. The van der Waals surface area contributed by atoms with Crippen molar-refractivity contribution in [3.8, 4) is 0 Å². The molecule has 0 bridgehead atoms. The molecule has 5 nitrogen and oxygen atoms in total. The lowest BCUT2D eigenvalue weighted by atomic mass is 10.1. The van der Waals surface area contributed by atoms with E-state index in [1.54, 1.807) is 6.07 Å². The second-order valence-electron chi connectivity index (χ2n) is 6.77. The van der Waals surface area contributed by atoms with Crippen molar-refractivity contribution in [2.45, 2.75) is 19.9 Å². The van der Waals surface area contributed by atoms with E-state index in [1.165, 1.54) is 0 Å². The number of aryl methyl sites for hydroxylation is 2. The summed E-state index contributed by atoms with van der Waals surface area (Å²) in [5.74, 6) is -0.454. The van der Waals surface area contributed by atoms with Crippen LogP contribution in [0.2, 0.25) is 0 Å². The van der Waals surface area contributed by atoms with Gasteiger partial charge in [0.05, 0.1) is 12.6 Å². The fourth-order valence-electron chi connectivity index (χ4n) is 2.68. The smallest absolute Gasteiger partial charge is 0.251 e. The monoisotopic (exact) mass is 353 g/mol. The molecular formula is C21H27N3O2. The minimum Gasteiger partial charge on any atom is -0.346 e.